The summed E-state index contributed by atoms with van der Waals surface area (Å²) < 4.78 is 0. The number of nitrogens with zero attached hydrogens (tertiary/aromatic N) is 4. The Morgan fingerprint density at radius 2 is 2.14 bits per heavy atom. The van der Waals surface area contributed by atoms with Gasteiger partial charge in [0.15, 0.2) is 5.82 Å². The maximum absolute atomic E-state index is 5.91. The molecule has 0 radical (unpaired) electrons. The van der Waals surface area contributed by atoms with Gasteiger partial charge in [0.05, 0.1) is 16.2 Å². The van der Waals surface area contributed by atoms with E-state index in [1.165, 1.54) is 0 Å². The van der Waals surface area contributed by atoms with E-state index in [1.807, 2.05) is 19.9 Å². The molecule has 3 heterocycles. The van der Waals surface area contributed by atoms with Crippen LogP contribution in [0.1, 0.15) is 42.0 Å². The molecule has 112 valence electrons. The number of aromatic nitrogens is 3. The molecule has 0 aromatic carbocycles. The zero-order valence-electron chi connectivity index (χ0n) is 12.8. The first kappa shape index (κ1) is 14.4. The van der Waals surface area contributed by atoms with Gasteiger partial charge in [0.1, 0.15) is 5.82 Å². The molecule has 1 atom stereocenters. The molecule has 0 bridgehead atoms. The summed E-state index contributed by atoms with van der Waals surface area (Å²) in [4.78, 5) is 16.1. The molecule has 5 nitrogen and oxygen atoms in total. The number of nitrogen functional groups attached to an aromatic ring is 1. The number of anilines is 1. The lowest BCUT2D eigenvalue weighted by Gasteiger charge is -2.33. The third-order valence-corrected chi connectivity index (χ3v) is 4.99. The van der Waals surface area contributed by atoms with Gasteiger partial charge in [-0.05, 0) is 40.2 Å². The molecule has 1 saturated heterocycles. The number of thiazole rings is 1. The molecule has 0 aliphatic carbocycles. The minimum Gasteiger partial charge on any atom is -0.384 e. The first-order valence-electron chi connectivity index (χ1n) is 7.25. The van der Waals surface area contributed by atoms with Gasteiger partial charge in [0, 0.05) is 23.7 Å². The van der Waals surface area contributed by atoms with Crippen molar-refractivity contribution in [3.63, 3.8) is 0 Å². The fraction of sp³-hybridized carbons (Fsp3) is 0.533. The normalized spacial score (nSPS) is 22.8. The van der Waals surface area contributed by atoms with Crippen LogP contribution in [0.2, 0.25) is 0 Å². The van der Waals surface area contributed by atoms with Crippen molar-refractivity contribution in [2.24, 2.45) is 0 Å². The molecule has 6 heteroatoms. The summed E-state index contributed by atoms with van der Waals surface area (Å²) in [7, 11) is 0. The fourth-order valence-electron chi connectivity index (χ4n) is 3.04. The van der Waals surface area contributed by atoms with Gasteiger partial charge in [-0.1, -0.05) is 0 Å². The van der Waals surface area contributed by atoms with Crippen LogP contribution in [-0.4, -0.2) is 26.4 Å². The number of hydrogen-bond donors (Lipinski definition) is 1. The van der Waals surface area contributed by atoms with Gasteiger partial charge in [-0.2, -0.15) is 0 Å². The molecular formula is C15H21N5S. The molecule has 21 heavy (non-hydrogen) atoms. The van der Waals surface area contributed by atoms with Crippen molar-refractivity contribution in [1.82, 2.24) is 19.9 Å². The number of likely N-dealkylation sites (tertiary alicyclic amines) is 1. The average molecular weight is 303 g/mol. The van der Waals surface area contributed by atoms with Gasteiger partial charge < -0.3 is 5.73 Å². The lowest BCUT2D eigenvalue weighted by atomic mass is 9.97. The second kappa shape index (κ2) is 5.35. The molecule has 0 amide bonds. The molecule has 3 rings (SSSR count). The van der Waals surface area contributed by atoms with Crippen LogP contribution in [0.3, 0.4) is 0 Å². The fourth-order valence-corrected chi connectivity index (χ4v) is 3.64. The Labute approximate surface area is 129 Å². The first-order valence-corrected chi connectivity index (χ1v) is 8.13. The van der Waals surface area contributed by atoms with E-state index >= 15 is 0 Å². The molecule has 1 aliphatic rings. The highest BCUT2D eigenvalue weighted by molar-refractivity contribution is 7.09. The summed E-state index contributed by atoms with van der Waals surface area (Å²) in [6.07, 6.45) is 2.20. The highest BCUT2D eigenvalue weighted by Gasteiger charge is 2.41. The van der Waals surface area contributed by atoms with Gasteiger partial charge in [0.2, 0.25) is 0 Å². The Kier molecular flexibility index (Phi) is 3.67. The predicted molar refractivity (Wildman–Crippen MR) is 85.0 cm³/mol. The van der Waals surface area contributed by atoms with Crippen LogP contribution in [0.15, 0.2) is 11.4 Å². The van der Waals surface area contributed by atoms with E-state index in [1.54, 1.807) is 11.3 Å². The van der Waals surface area contributed by atoms with Crippen LogP contribution in [-0.2, 0) is 12.1 Å². The van der Waals surface area contributed by atoms with Gasteiger partial charge >= 0.3 is 0 Å². The molecule has 2 aromatic rings. The predicted octanol–water partition coefficient (Wildman–Crippen LogP) is 2.64. The van der Waals surface area contributed by atoms with Gasteiger partial charge in [-0.15, -0.1) is 11.3 Å². The Balaban J connectivity index is 1.90. The van der Waals surface area contributed by atoms with Crippen molar-refractivity contribution >= 4 is 17.2 Å². The third kappa shape index (κ3) is 2.78. The quantitative estimate of drug-likeness (QED) is 0.944. The monoisotopic (exact) mass is 303 g/mol. The molecule has 0 spiro atoms. The van der Waals surface area contributed by atoms with Crippen LogP contribution in [0.25, 0.3) is 0 Å². The van der Waals surface area contributed by atoms with E-state index in [-0.39, 0.29) is 5.54 Å². The number of hydrogen-bond acceptors (Lipinski definition) is 6. The molecule has 2 N–H and O–H groups in total. The van der Waals surface area contributed by atoms with Crippen LogP contribution in [0, 0.1) is 13.8 Å². The van der Waals surface area contributed by atoms with Crippen molar-refractivity contribution in [1.29, 1.82) is 0 Å². The van der Waals surface area contributed by atoms with E-state index in [4.69, 9.17) is 5.73 Å². The van der Waals surface area contributed by atoms with E-state index in [2.05, 4.69) is 32.2 Å². The summed E-state index contributed by atoms with van der Waals surface area (Å²) in [6, 6.07) is 1.82. The molecule has 1 unspecified atom stereocenters. The van der Waals surface area contributed by atoms with Crippen molar-refractivity contribution in [2.75, 3.05) is 12.3 Å². The Morgan fingerprint density at radius 1 is 1.33 bits per heavy atom. The second-order valence-corrected chi connectivity index (χ2v) is 6.98. The van der Waals surface area contributed by atoms with Crippen LogP contribution < -0.4 is 5.73 Å². The molecule has 1 fully saturated rings. The van der Waals surface area contributed by atoms with Crippen LogP contribution in [0.4, 0.5) is 5.82 Å². The summed E-state index contributed by atoms with van der Waals surface area (Å²) in [5, 5.41) is 3.25. The highest BCUT2D eigenvalue weighted by atomic mass is 32.1. The third-order valence-electron chi connectivity index (χ3n) is 4.16. The van der Waals surface area contributed by atoms with Crippen molar-refractivity contribution < 1.29 is 0 Å². The van der Waals surface area contributed by atoms with Crippen LogP contribution >= 0.6 is 11.3 Å². The topological polar surface area (TPSA) is 67.9 Å². The molecule has 0 saturated carbocycles. The van der Waals surface area contributed by atoms with Crippen molar-refractivity contribution in [3.8, 4) is 0 Å². The average Bonchev–Trinajstić information content (AvgIpc) is 2.97. The number of aryl methyl sites for hydroxylation is 2. The Morgan fingerprint density at radius 3 is 2.81 bits per heavy atom. The maximum atomic E-state index is 5.91. The zero-order valence-corrected chi connectivity index (χ0v) is 13.6. The maximum Gasteiger partial charge on any atom is 0.150 e. The zero-order chi connectivity index (χ0) is 15.0. The second-order valence-electron chi connectivity index (χ2n) is 5.91. The highest BCUT2D eigenvalue weighted by Crippen LogP contribution is 2.38. The molecule has 2 aromatic heterocycles. The minimum absolute atomic E-state index is 0.155. The standard InChI is InChI=1S/C15H21N5S/c1-10-7-13(16)19-14(17-10)15(3)5-4-6-20(15)8-12-9-21-11(2)18-12/h7,9H,4-6,8H2,1-3H3,(H2,16,17,19). The van der Waals surface area contributed by atoms with Crippen molar-refractivity contribution in [2.45, 2.75) is 45.7 Å². The number of rotatable bonds is 3. The lowest BCUT2D eigenvalue weighted by molar-refractivity contribution is 0.136. The van der Waals surface area contributed by atoms with Gasteiger partial charge in [-0.25, -0.2) is 15.0 Å². The van der Waals surface area contributed by atoms with E-state index in [0.29, 0.717) is 5.82 Å². The van der Waals surface area contributed by atoms with E-state index < -0.39 is 0 Å². The summed E-state index contributed by atoms with van der Waals surface area (Å²) in [6.45, 7) is 8.12. The lowest BCUT2D eigenvalue weighted by Crippen LogP contribution is -2.40. The van der Waals surface area contributed by atoms with Crippen LogP contribution in [0.5, 0.6) is 0 Å². The largest absolute Gasteiger partial charge is 0.384 e. The van der Waals surface area contributed by atoms with Gasteiger partial charge in [-0.3, -0.25) is 4.90 Å². The smallest absolute Gasteiger partial charge is 0.150 e. The Hall–Kier alpha value is -1.53. The molecular weight excluding hydrogens is 282 g/mol. The van der Waals surface area contributed by atoms with Crippen molar-refractivity contribution in [3.05, 3.63) is 33.7 Å². The molecule has 1 aliphatic heterocycles. The first-order chi connectivity index (χ1) is 9.97. The Bertz CT molecular complexity index is 633. The van der Waals surface area contributed by atoms with E-state index in [9.17, 15) is 0 Å². The SMILES string of the molecule is Cc1cc(N)nc(C2(C)CCCN2Cc2csc(C)n2)n1. The summed E-state index contributed by atoms with van der Waals surface area (Å²) in [5.74, 6) is 1.39. The van der Waals surface area contributed by atoms with Gasteiger partial charge in [0.25, 0.3) is 0 Å². The number of nitrogens with two attached hydrogens (primary N) is 1. The summed E-state index contributed by atoms with van der Waals surface area (Å²) in [5.41, 5.74) is 7.81. The summed E-state index contributed by atoms with van der Waals surface area (Å²) >= 11 is 1.70. The van der Waals surface area contributed by atoms with E-state index in [0.717, 1.165) is 48.2 Å². The minimum atomic E-state index is -0.155.